The van der Waals surface area contributed by atoms with Gasteiger partial charge in [-0.1, -0.05) is 0 Å². The SMILES string of the molecule is Nc1cc(OC(F)(F)F)ccc1C(=O)N1CCC(c2c[nH]c3ncc(C(=O)NC4CC4)cc23)CC1. The molecule has 3 aromatic rings. The molecular formula is C24H24F3N5O3. The van der Waals surface area contributed by atoms with Crippen molar-refractivity contribution in [1.82, 2.24) is 20.2 Å². The minimum absolute atomic E-state index is 0.0708. The van der Waals surface area contributed by atoms with Crippen molar-refractivity contribution in [1.29, 1.82) is 0 Å². The number of anilines is 1. The van der Waals surface area contributed by atoms with Gasteiger partial charge in [0.2, 0.25) is 0 Å². The van der Waals surface area contributed by atoms with Gasteiger partial charge >= 0.3 is 6.36 Å². The number of alkyl halides is 3. The van der Waals surface area contributed by atoms with Crippen molar-refractivity contribution in [3.05, 3.63) is 53.3 Å². The molecule has 2 aromatic heterocycles. The van der Waals surface area contributed by atoms with Gasteiger partial charge in [-0.2, -0.15) is 0 Å². The zero-order valence-corrected chi connectivity index (χ0v) is 18.7. The fraction of sp³-hybridized carbons (Fsp3) is 0.375. The third-order valence-electron chi connectivity index (χ3n) is 6.45. The lowest BCUT2D eigenvalue weighted by Gasteiger charge is -2.32. The zero-order valence-electron chi connectivity index (χ0n) is 18.7. The van der Waals surface area contributed by atoms with Gasteiger partial charge < -0.3 is 25.7 Å². The number of rotatable bonds is 5. The number of carbonyl (C=O) groups is 2. The third-order valence-corrected chi connectivity index (χ3v) is 6.45. The number of likely N-dealkylation sites (tertiary alicyclic amines) is 1. The molecule has 1 aliphatic carbocycles. The fourth-order valence-corrected chi connectivity index (χ4v) is 4.48. The largest absolute Gasteiger partial charge is 0.573 e. The number of amides is 2. The van der Waals surface area contributed by atoms with E-state index in [1.54, 1.807) is 11.1 Å². The molecule has 1 saturated heterocycles. The normalized spacial score (nSPS) is 16.9. The summed E-state index contributed by atoms with van der Waals surface area (Å²) in [6, 6.07) is 5.45. The molecule has 0 atom stereocenters. The molecule has 2 fully saturated rings. The summed E-state index contributed by atoms with van der Waals surface area (Å²) in [5.41, 5.74) is 8.19. The van der Waals surface area contributed by atoms with E-state index in [4.69, 9.17) is 5.73 Å². The molecule has 2 aliphatic rings. The van der Waals surface area contributed by atoms with Crippen LogP contribution in [0.15, 0.2) is 36.7 Å². The van der Waals surface area contributed by atoms with Crippen molar-refractivity contribution >= 4 is 28.5 Å². The number of carbonyl (C=O) groups excluding carboxylic acids is 2. The maximum absolute atomic E-state index is 13.0. The van der Waals surface area contributed by atoms with E-state index < -0.39 is 12.1 Å². The van der Waals surface area contributed by atoms with Crippen molar-refractivity contribution in [2.45, 2.75) is 44.0 Å². The highest BCUT2D eigenvalue weighted by atomic mass is 19.4. The number of hydrogen-bond acceptors (Lipinski definition) is 5. The second-order valence-electron chi connectivity index (χ2n) is 8.98. The fourth-order valence-electron chi connectivity index (χ4n) is 4.48. The maximum atomic E-state index is 13.0. The Hall–Kier alpha value is -3.76. The number of nitrogen functional groups attached to an aromatic ring is 1. The molecule has 11 heteroatoms. The van der Waals surface area contributed by atoms with E-state index in [0.29, 0.717) is 37.1 Å². The monoisotopic (exact) mass is 487 g/mol. The van der Waals surface area contributed by atoms with Gasteiger partial charge in [-0.3, -0.25) is 9.59 Å². The summed E-state index contributed by atoms with van der Waals surface area (Å²) in [4.78, 5) is 34.6. The molecule has 2 amide bonds. The molecular weight excluding hydrogens is 463 g/mol. The highest BCUT2D eigenvalue weighted by molar-refractivity contribution is 5.99. The molecule has 0 radical (unpaired) electrons. The molecule has 1 aliphatic heterocycles. The quantitative estimate of drug-likeness (QED) is 0.472. The molecule has 0 unspecified atom stereocenters. The molecule has 184 valence electrons. The summed E-state index contributed by atoms with van der Waals surface area (Å²) in [7, 11) is 0. The number of nitrogens with zero attached hydrogens (tertiary/aromatic N) is 2. The van der Waals surface area contributed by atoms with Crippen LogP contribution in [0.3, 0.4) is 0 Å². The molecule has 0 spiro atoms. The second kappa shape index (κ2) is 8.79. The lowest BCUT2D eigenvalue weighted by molar-refractivity contribution is -0.274. The van der Waals surface area contributed by atoms with Crippen LogP contribution in [0.25, 0.3) is 11.0 Å². The first-order valence-electron chi connectivity index (χ1n) is 11.4. The smallest absolute Gasteiger partial charge is 0.406 e. The number of piperidine rings is 1. The van der Waals surface area contributed by atoms with Gasteiger partial charge in [0.05, 0.1) is 11.1 Å². The molecule has 8 nitrogen and oxygen atoms in total. The van der Waals surface area contributed by atoms with Crippen molar-refractivity contribution in [3.63, 3.8) is 0 Å². The van der Waals surface area contributed by atoms with Gasteiger partial charge in [-0.25, -0.2) is 4.98 Å². The van der Waals surface area contributed by atoms with Crippen LogP contribution in [0.5, 0.6) is 5.75 Å². The first kappa shape index (κ1) is 23.0. The summed E-state index contributed by atoms with van der Waals surface area (Å²) in [6.07, 6.45) is 2.02. The van der Waals surface area contributed by atoms with Crippen LogP contribution in [-0.4, -0.2) is 52.2 Å². The Morgan fingerprint density at radius 3 is 2.54 bits per heavy atom. The summed E-state index contributed by atoms with van der Waals surface area (Å²) >= 11 is 0. The van der Waals surface area contributed by atoms with Crippen molar-refractivity contribution < 1.29 is 27.5 Å². The van der Waals surface area contributed by atoms with Gasteiger partial charge in [-0.05, 0) is 55.4 Å². The molecule has 5 rings (SSSR count). The Bertz CT molecular complexity index is 1280. The number of hydrogen-bond donors (Lipinski definition) is 3. The van der Waals surface area contributed by atoms with E-state index in [1.807, 2.05) is 12.3 Å². The minimum atomic E-state index is -4.83. The van der Waals surface area contributed by atoms with Gasteiger partial charge in [0.25, 0.3) is 11.8 Å². The average Bonchev–Trinajstić information content (AvgIpc) is 3.53. The first-order chi connectivity index (χ1) is 16.7. The number of H-pyrrole nitrogens is 1. The van der Waals surface area contributed by atoms with E-state index in [0.717, 1.165) is 35.9 Å². The molecule has 1 saturated carbocycles. The minimum Gasteiger partial charge on any atom is -0.406 e. The molecule has 3 heterocycles. The third kappa shape index (κ3) is 5.03. The number of halogens is 3. The van der Waals surface area contributed by atoms with E-state index in [1.165, 1.54) is 6.07 Å². The van der Waals surface area contributed by atoms with E-state index in [9.17, 15) is 22.8 Å². The van der Waals surface area contributed by atoms with Crippen LogP contribution < -0.4 is 15.8 Å². The maximum Gasteiger partial charge on any atom is 0.573 e. The van der Waals surface area contributed by atoms with Crippen LogP contribution in [0.4, 0.5) is 18.9 Å². The Kier molecular flexibility index (Phi) is 5.78. The highest BCUT2D eigenvalue weighted by Crippen LogP contribution is 2.34. The molecule has 4 N–H and O–H groups in total. The van der Waals surface area contributed by atoms with E-state index in [2.05, 4.69) is 20.0 Å². The van der Waals surface area contributed by atoms with Crippen molar-refractivity contribution in [2.75, 3.05) is 18.8 Å². The van der Waals surface area contributed by atoms with E-state index in [-0.39, 0.29) is 35.0 Å². The number of nitrogens with one attached hydrogen (secondary N) is 2. The number of benzene rings is 1. The predicted molar refractivity (Wildman–Crippen MR) is 122 cm³/mol. The Balaban J connectivity index is 1.26. The van der Waals surface area contributed by atoms with Gasteiger partial charge in [0.1, 0.15) is 11.4 Å². The van der Waals surface area contributed by atoms with Crippen molar-refractivity contribution in [3.8, 4) is 5.75 Å². The lowest BCUT2D eigenvalue weighted by Crippen LogP contribution is -2.38. The summed E-state index contributed by atoms with van der Waals surface area (Å²) in [5.74, 6) is -0.766. The highest BCUT2D eigenvalue weighted by Gasteiger charge is 2.32. The number of aromatic nitrogens is 2. The number of aromatic amines is 1. The number of pyridine rings is 1. The second-order valence-corrected chi connectivity index (χ2v) is 8.98. The number of ether oxygens (including phenoxy) is 1. The summed E-state index contributed by atoms with van der Waals surface area (Å²) < 4.78 is 41.1. The molecule has 0 bridgehead atoms. The summed E-state index contributed by atoms with van der Waals surface area (Å²) in [5, 5.41) is 3.86. The molecule has 35 heavy (non-hydrogen) atoms. The summed E-state index contributed by atoms with van der Waals surface area (Å²) in [6.45, 7) is 0.928. The van der Waals surface area contributed by atoms with Crippen LogP contribution in [-0.2, 0) is 0 Å². The molecule has 1 aromatic carbocycles. The Labute approximate surface area is 198 Å². The topological polar surface area (TPSA) is 113 Å². The number of fused-ring (bicyclic) bond motifs is 1. The predicted octanol–water partition coefficient (Wildman–Crippen LogP) is 3.96. The van der Waals surface area contributed by atoms with Crippen LogP contribution >= 0.6 is 0 Å². The Morgan fingerprint density at radius 1 is 1.14 bits per heavy atom. The van der Waals surface area contributed by atoms with Crippen LogP contribution in [0.2, 0.25) is 0 Å². The Morgan fingerprint density at radius 2 is 1.89 bits per heavy atom. The first-order valence-corrected chi connectivity index (χ1v) is 11.4. The zero-order chi connectivity index (χ0) is 24.7. The standard InChI is InChI=1S/C24H24F3N5O3/c25-24(26,27)35-16-3-4-17(20(28)10-16)23(34)32-7-5-13(6-8-32)19-12-30-21-18(19)9-14(11-29-21)22(33)31-15-1-2-15/h3-4,9-13,15H,1-2,5-8,28H2,(H,29,30)(H,31,33). The van der Waals surface area contributed by atoms with Crippen molar-refractivity contribution in [2.24, 2.45) is 0 Å². The van der Waals surface area contributed by atoms with E-state index >= 15 is 0 Å². The van der Waals surface area contributed by atoms with Gasteiger partial charge in [0.15, 0.2) is 0 Å². The van der Waals surface area contributed by atoms with Crippen LogP contribution in [0.1, 0.15) is 57.9 Å². The average molecular weight is 487 g/mol. The number of nitrogens with two attached hydrogens (primary N) is 1. The van der Waals surface area contributed by atoms with Gasteiger partial charge in [0, 0.05) is 48.7 Å². The van der Waals surface area contributed by atoms with Gasteiger partial charge in [-0.15, -0.1) is 13.2 Å². The lowest BCUT2D eigenvalue weighted by atomic mass is 9.89. The van der Waals surface area contributed by atoms with Crippen LogP contribution in [0, 0.1) is 0 Å².